The molecule has 7 heteroatoms. The lowest BCUT2D eigenvalue weighted by molar-refractivity contribution is -0.144. The van der Waals surface area contributed by atoms with E-state index in [1.54, 1.807) is 23.7 Å². The number of aliphatic carboxylic acids is 1. The third-order valence-electron chi connectivity index (χ3n) is 3.21. The molecule has 1 heterocycles. The van der Waals surface area contributed by atoms with Crippen molar-refractivity contribution in [2.24, 2.45) is 5.41 Å². The minimum atomic E-state index is -0.934. The molecule has 0 aromatic carbocycles. The van der Waals surface area contributed by atoms with E-state index in [4.69, 9.17) is 5.11 Å². The molecule has 0 aliphatic carbocycles. The molecule has 0 aromatic heterocycles. The van der Waals surface area contributed by atoms with E-state index in [1.165, 1.54) is 4.90 Å². The summed E-state index contributed by atoms with van der Waals surface area (Å²) in [7, 11) is 1.58. The topological polar surface area (TPSA) is 77.9 Å². The van der Waals surface area contributed by atoms with Crippen LogP contribution < -0.4 is 0 Å². The normalized spacial score (nSPS) is 18.7. The predicted octanol–water partition coefficient (Wildman–Crippen LogP) is 1.26. The highest BCUT2D eigenvalue weighted by Crippen LogP contribution is 2.27. The predicted molar refractivity (Wildman–Crippen MR) is 81.9 cm³/mol. The summed E-state index contributed by atoms with van der Waals surface area (Å²) in [6, 6.07) is -0.469. The molecule has 1 saturated heterocycles. The fourth-order valence-corrected chi connectivity index (χ4v) is 3.25. The van der Waals surface area contributed by atoms with Gasteiger partial charge in [0.1, 0.15) is 6.04 Å². The highest BCUT2D eigenvalue weighted by atomic mass is 32.2. The van der Waals surface area contributed by atoms with E-state index in [1.807, 2.05) is 20.8 Å². The molecule has 1 N–H and O–H groups in total. The van der Waals surface area contributed by atoms with Crippen molar-refractivity contribution >= 4 is 29.5 Å². The molecule has 1 atom stereocenters. The first-order valence-corrected chi connectivity index (χ1v) is 8.11. The summed E-state index contributed by atoms with van der Waals surface area (Å²) in [5.41, 5.74) is -0.118. The first kappa shape index (κ1) is 17.8. The third kappa shape index (κ3) is 5.57. The molecule has 120 valence electrons. The van der Waals surface area contributed by atoms with Gasteiger partial charge in [-0.25, -0.2) is 0 Å². The van der Waals surface area contributed by atoms with Crippen molar-refractivity contribution in [3.05, 3.63) is 0 Å². The van der Waals surface area contributed by atoms with Gasteiger partial charge >= 0.3 is 5.97 Å². The standard InChI is InChI=1S/C14H24N2O4S/c1-14(2,3)7-11(17)16-9-21-8-10(16)13(20)15(4)6-5-12(18)19/h10H,5-9H2,1-4H3,(H,18,19). The minimum Gasteiger partial charge on any atom is -0.481 e. The molecule has 6 nitrogen and oxygen atoms in total. The van der Waals surface area contributed by atoms with Crippen LogP contribution in [-0.4, -0.2) is 64.0 Å². The van der Waals surface area contributed by atoms with Gasteiger partial charge in [0.05, 0.1) is 12.3 Å². The van der Waals surface area contributed by atoms with E-state index in [9.17, 15) is 14.4 Å². The first-order valence-electron chi connectivity index (χ1n) is 6.96. The molecule has 1 fully saturated rings. The van der Waals surface area contributed by atoms with E-state index in [0.717, 1.165) is 0 Å². The Morgan fingerprint density at radius 2 is 1.95 bits per heavy atom. The Bertz CT molecular complexity index is 420. The summed E-state index contributed by atoms with van der Waals surface area (Å²) in [6.45, 7) is 6.13. The summed E-state index contributed by atoms with van der Waals surface area (Å²) in [5, 5.41) is 8.67. The SMILES string of the molecule is CN(CCC(=O)O)C(=O)C1CSCN1C(=O)CC(C)(C)C. The highest BCUT2D eigenvalue weighted by Gasteiger charge is 2.37. The van der Waals surface area contributed by atoms with Crippen LogP contribution >= 0.6 is 11.8 Å². The number of rotatable bonds is 5. The Kier molecular flexibility index (Phi) is 6.07. The van der Waals surface area contributed by atoms with Gasteiger partial charge in [0.15, 0.2) is 0 Å². The number of carbonyl (C=O) groups is 3. The molecular formula is C14H24N2O4S. The summed E-state index contributed by atoms with van der Waals surface area (Å²) < 4.78 is 0. The van der Waals surface area contributed by atoms with Crippen LogP contribution in [0.4, 0.5) is 0 Å². The Morgan fingerprint density at radius 3 is 2.48 bits per heavy atom. The molecule has 0 aromatic rings. The van der Waals surface area contributed by atoms with Crippen molar-refractivity contribution in [1.82, 2.24) is 9.80 Å². The molecule has 1 aliphatic rings. The third-order valence-corrected chi connectivity index (χ3v) is 4.22. The average molecular weight is 316 g/mol. The summed E-state index contributed by atoms with van der Waals surface area (Å²) in [5.74, 6) is -0.0263. The van der Waals surface area contributed by atoms with Crippen LogP contribution in [0.3, 0.4) is 0 Å². The van der Waals surface area contributed by atoms with Crippen LogP contribution in [0.25, 0.3) is 0 Å². The van der Waals surface area contributed by atoms with E-state index in [-0.39, 0.29) is 30.2 Å². The van der Waals surface area contributed by atoms with Gasteiger partial charge in [-0.2, -0.15) is 0 Å². The van der Waals surface area contributed by atoms with Crippen LogP contribution in [-0.2, 0) is 14.4 Å². The fraction of sp³-hybridized carbons (Fsp3) is 0.786. The fourth-order valence-electron chi connectivity index (χ4n) is 2.08. The number of thioether (sulfide) groups is 1. The number of likely N-dealkylation sites (N-methyl/N-ethyl adjacent to an activating group) is 1. The molecule has 1 aliphatic heterocycles. The van der Waals surface area contributed by atoms with E-state index >= 15 is 0 Å². The van der Waals surface area contributed by atoms with Crippen molar-refractivity contribution in [3.8, 4) is 0 Å². The molecule has 0 saturated carbocycles. The van der Waals surface area contributed by atoms with Crippen LogP contribution in [0.2, 0.25) is 0 Å². The largest absolute Gasteiger partial charge is 0.481 e. The molecule has 2 amide bonds. The van der Waals surface area contributed by atoms with Gasteiger partial charge in [0, 0.05) is 25.8 Å². The Hall–Kier alpha value is -1.24. The number of nitrogens with zero attached hydrogens (tertiary/aromatic N) is 2. The summed E-state index contributed by atoms with van der Waals surface area (Å²) >= 11 is 1.56. The maximum absolute atomic E-state index is 12.4. The van der Waals surface area contributed by atoms with Gasteiger partial charge in [-0.3, -0.25) is 14.4 Å². The maximum atomic E-state index is 12.4. The second kappa shape index (κ2) is 7.15. The quantitative estimate of drug-likeness (QED) is 0.826. The molecule has 1 rings (SSSR count). The van der Waals surface area contributed by atoms with E-state index < -0.39 is 12.0 Å². The van der Waals surface area contributed by atoms with Crippen molar-refractivity contribution in [3.63, 3.8) is 0 Å². The van der Waals surface area contributed by atoms with Gasteiger partial charge in [0.2, 0.25) is 11.8 Å². The van der Waals surface area contributed by atoms with Crippen LogP contribution in [0.1, 0.15) is 33.6 Å². The second-order valence-corrected chi connectivity index (χ2v) is 7.52. The monoisotopic (exact) mass is 316 g/mol. The van der Waals surface area contributed by atoms with Crippen molar-refractivity contribution < 1.29 is 19.5 Å². The van der Waals surface area contributed by atoms with Crippen LogP contribution in [0, 0.1) is 5.41 Å². The van der Waals surface area contributed by atoms with E-state index in [2.05, 4.69) is 0 Å². The molecule has 0 radical (unpaired) electrons. The molecular weight excluding hydrogens is 292 g/mol. The lowest BCUT2D eigenvalue weighted by Gasteiger charge is -2.29. The van der Waals surface area contributed by atoms with Gasteiger partial charge in [-0.15, -0.1) is 11.8 Å². The van der Waals surface area contributed by atoms with Gasteiger partial charge in [0.25, 0.3) is 0 Å². The molecule has 0 spiro atoms. The Labute approximate surface area is 129 Å². The smallest absolute Gasteiger partial charge is 0.305 e. The van der Waals surface area contributed by atoms with Gasteiger partial charge in [-0.05, 0) is 5.41 Å². The number of amides is 2. The Morgan fingerprint density at radius 1 is 1.33 bits per heavy atom. The zero-order valence-electron chi connectivity index (χ0n) is 13.1. The molecule has 1 unspecified atom stereocenters. The average Bonchev–Trinajstić information content (AvgIpc) is 2.81. The van der Waals surface area contributed by atoms with Crippen LogP contribution in [0.15, 0.2) is 0 Å². The number of hydrogen-bond donors (Lipinski definition) is 1. The summed E-state index contributed by atoms with van der Waals surface area (Å²) in [6.07, 6.45) is 0.314. The number of carboxylic acid groups (broad SMARTS) is 1. The number of carbonyl (C=O) groups excluding carboxylic acids is 2. The minimum absolute atomic E-state index is 0.0162. The van der Waals surface area contributed by atoms with Crippen molar-refractivity contribution in [2.75, 3.05) is 25.2 Å². The highest BCUT2D eigenvalue weighted by molar-refractivity contribution is 7.99. The van der Waals surface area contributed by atoms with E-state index in [0.29, 0.717) is 18.1 Å². The first-order chi connectivity index (χ1) is 9.61. The zero-order chi connectivity index (χ0) is 16.2. The van der Waals surface area contributed by atoms with Crippen molar-refractivity contribution in [1.29, 1.82) is 0 Å². The number of carboxylic acids is 1. The summed E-state index contributed by atoms with van der Waals surface area (Å²) in [4.78, 5) is 38.3. The molecule has 21 heavy (non-hydrogen) atoms. The van der Waals surface area contributed by atoms with Crippen LogP contribution in [0.5, 0.6) is 0 Å². The number of hydrogen-bond acceptors (Lipinski definition) is 4. The lowest BCUT2D eigenvalue weighted by Crippen LogP contribution is -2.48. The second-order valence-electron chi connectivity index (χ2n) is 6.52. The zero-order valence-corrected chi connectivity index (χ0v) is 13.9. The lowest BCUT2D eigenvalue weighted by atomic mass is 9.91. The maximum Gasteiger partial charge on any atom is 0.305 e. The van der Waals surface area contributed by atoms with Crippen molar-refractivity contribution in [2.45, 2.75) is 39.7 Å². The Balaban J connectivity index is 2.65. The molecule has 0 bridgehead atoms. The van der Waals surface area contributed by atoms with Gasteiger partial charge in [-0.1, -0.05) is 20.8 Å². The van der Waals surface area contributed by atoms with Gasteiger partial charge < -0.3 is 14.9 Å².